The van der Waals surface area contributed by atoms with E-state index < -0.39 is 0 Å². The van der Waals surface area contributed by atoms with E-state index in [9.17, 15) is 9.59 Å². The Kier molecular flexibility index (Phi) is 3.83. The Morgan fingerprint density at radius 2 is 2.04 bits per heavy atom. The van der Waals surface area contributed by atoms with E-state index in [1.807, 2.05) is 13.0 Å². The van der Waals surface area contributed by atoms with Gasteiger partial charge in [0.2, 0.25) is 0 Å². The van der Waals surface area contributed by atoms with E-state index in [1.165, 1.54) is 23.5 Å². The van der Waals surface area contributed by atoms with Gasteiger partial charge in [0.05, 0.1) is 23.4 Å². The molecule has 1 amide bonds. The van der Waals surface area contributed by atoms with Crippen LogP contribution in [0.3, 0.4) is 0 Å². The number of carbonyl (C=O) groups is 1. The third kappa shape index (κ3) is 2.80. The molecule has 1 N–H and O–H groups in total. The summed E-state index contributed by atoms with van der Waals surface area (Å²) in [6.07, 6.45) is 2.71. The molecule has 0 spiro atoms. The fourth-order valence-electron chi connectivity index (χ4n) is 2.17. The van der Waals surface area contributed by atoms with Crippen molar-refractivity contribution < 1.29 is 4.79 Å². The molecule has 3 rings (SSSR count). The molecule has 0 bridgehead atoms. The number of rotatable bonds is 2. The van der Waals surface area contributed by atoms with Gasteiger partial charge in [-0.25, -0.2) is 9.97 Å². The van der Waals surface area contributed by atoms with E-state index in [1.54, 1.807) is 19.2 Å². The van der Waals surface area contributed by atoms with Gasteiger partial charge in [-0.15, -0.1) is 0 Å². The van der Waals surface area contributed by atoms with Crippen LogP contribution in [0.5, 0.6) is 0 Å². The van der Waals surface area contributed by atoms with Crippen molar-refractivity contribution in [1.82, 2.24) is 15.0 Å². The first kappa shape index (κ1) is 15.2. The number of anilines is 1. The maximum Gasteiger partial charge on any atom is 0.276 e. The lowest BCUT2D eigenvalue weighted by molar-refractivity contribution is 0.0988. The molecule has 2 heterocycles. The first-order chi connectivity index (χ1) is 11.0. The number of hydrogen-bond donors (Lipinski definition) is 1. The minimum atomic E-state index is -0.338. The minimum absolute atomic E-state index is 0.162. The summed E-state index contributed by atoms with van der Waals surface area (Å²) in [5.41, 5.74) is 1.86. The van der Waals surface area contributed by atoms with Crippen molar-refractivity contribution in [3.8, 4) is 0 Å². The highest BCUT2D eigenvalue weighted by Crippen LogP contribution is 2.23. The number of aromatic nitrogens is 3. The zero-order valence-electron chi connectivity index (χ0n) is 12.5. The lowest BCUT2D eigenvalue weighted by Gasteiger charge is -2.17. The summed E-state index contributed by atoms with van der Waals surface area (Å²) in [6.45, 7) is 1.89. The summed E-state index contributed by atoms with van der Waals surface area (Å²) >= 11 is 6.10. The van der Waals surface area contributed by atoms with E-state index in [-0.39, 0.29) is 17.2 Å². The fraction of sp³-hybridized carbons (Fsp3) is 0.125. The van der Waals surface area contributed by atoms with Crippen molar-refractivity contribution in [1.29, 1.82) is 0 Å². The van der Waals surface area contributed by atoms with Crippen LogP contribution in [-0.2, 0) is 0 Å². The molecule has 0 saturated carbocycles. The second-order valence-electron chi connectivity index (χ2n) is 5.12. The monoisotopic (exact) mass is 328 g/mol. The number of fused-ring (bicyclic) bond motifs is 1. The van der Waals surface area contributed by atoms with Crippen LogP contribution in [0.4, 0.5) is 5.69 Å². The van der Waals surface area contributed by atoms with E-state index in [2.05, 4.69) is 15.0 Å². The van der Waals surface area contributed by atoms with Gasteiger partial charge in [-0.1, -0.05) is 17.7 Å². The van der Waals surface area contributed by atoms with E-state index in [4.69, 9.17) is 11.6 Å². The van der Waals surface area contributed by atoms with Crippen LogP contribution in [0.25, 0.3) is 10.9 Å². The standard InChI is InChI=1S/C16H13ClN4O2/c1-9-3-4-10(5-12(9)17)21(2)16(23)13-6-11-14(7-18-13)19-8-20-15(11)22/h3-8H,1-2H3,(H,19,20,22). The van der Waals surface area contributed by atoms with Crippen LogP contribution in [-0.4, -0.2) is 27.9 Å². The summed E-state index contributed by atoms with van der Waals surface area (Å²) in [7, 11) is 1.63. The van der Waals surface area contributed by atoms with Crippen molar-refractivity contribution in [2.75, 3.05) is 11.9 Å². The van der Waals surface area contributed by atoms with Crippen LogP contribution in [0.15, 0.2) is 41.6 Å². The first-order valence-electron chi connectivity index (χ1n) is 6.85. The molecule has 0 aliphatic rings. The quantitative estimate of drug-likeness (QED) is 0.784. The van der Waals surface area contributed by atoms with Crippen molar-refractivity contribution in [3.05, 3.63) is 63.4 Å². The third-order valence-electron chi connectivity index (χ3n) is 3.59. The van der Waals surface area contributed by atoms with Gasteiger partial charge >= 0.3 is 0 Å². The maximum atomic E-state index is 12.6. The molecule has 0 fully saturated rings. The highest BCUT2D eigenvalue weighted by molar-refractivity contribution is 6.31. The largest absolute Gasteiger partial charge is 0.313 e. The van der Waals surface area contributed by atoms with Gasteiger partial charge in [-0.3, -0.25) is 9.59 Å². The number of aryl methyl sites for hydroxylation is 1. The summed E-state index contributed by atoms with van der Waals surface area (Å²) < 4.78 is 0. The van der Waals surface area contributed by atoms with Crippen molar-refractivity contribution in [3.63, 3.8) is 0 Å². The Balaban J connectivity index is 2.00. The zero-order valence-corrected chi connectivity index (χ0v) is 13.3. The van der Waals surface area contributed by atoms with Gasteiger partial charge in [-0.05, 0) is 30.7 Å². The topological polar surface area (TPSA) is 79.0 Å². The van der Waals surface area contributed by atoms with Crippen LogP contribution < -0.4 is 10.5 Å². The second kappa shape index (κ2) is 5.81. The zero-order chi connectivity index (χ0) is 16.6. The van der Waals surface area contributed by atoms with E-state index in [0.29, 0.717) is 21.6 Å². The SMILES string of the molecule is Cc1ccc(N(C)C(=O)c2cc3c(=O)[nH]cnc3cn2)cc1Cl. The van der Waals surface area contributed by atoms with Gasteiger partial charge in [-0.2, -0.15) is 0 Å². The molecular formula is C16H13ClN4O2. The number of H-pyrrole nitrogens is 1. The molecule has 0 saturated heterocycles. The van der Waals surface area contributed by atoms with Crippen molar-refractivity contribution >= 4 is 34.1 Å². The molecule has 0 atom stereocenters. The van der Waals surface area contributed by atoms with E-state index in [0.717, 1.165) is 5.56 Å². The number of benzene rings is 1. The highest BCUT2D eigenvalue weighted by atomic mass is 35.5. The molecule has 0 aliphatic carbocycles. The highest BCUT2D eigenvalue weighted by Gasteiger charge is 2.17. The molecule has 0 unspecified atom stereocenters. The molecule has 116 valence electrons. The predicted octanol–water partition coefficient (Wildman–Crippen LogP) is 2.56. The predicted molar refractivity (Wildman–Crippen MR) is 89.1 cm³/mol. The average molecular weight is 329 g/mol. The molecule has 0 radical (unpaired) electrons. The molecule has 0 aliphatic heterocycles. The van der Waals surface area contributed by atoms with E-state index >= 15 is 0 Å². The van der Waals surface area contributed by atoms with Crippen LogP contribution in [0.1, 0.15) is 16.1 Å². The molecule has 23 heavy (non-hydrogen) atoms. The van der Waals surface area contributed by atoms with Gasteiger partial charge in [0.15, 0.2) is 0 Å². The van der Waals surface area contributed by atoms with Crippen molar-refractivity contribution in [2.24, 2.45) is 0 Å². The summed E-state index contributed by atoms with van der Waals surface area (Å²) in [4.78, 5) is 36.4. The Labute approximate surface area is 136 Å². The number of nitrogens with zero attached hydrogens (tertiary/aromatic N) is 3. The number of hydrogen-bond acceptors (Lipinski definition) is 4. The summed E-state index contributed by atoms with van der Waals surface area (Å²) in [5, 5.41) is 0.899. The Morgan fingerprint density at radius 3 is 2.78 bits per heavy atom. The van der Waals surface area contributed by atoms with Gasteiger partial charge < -0.3 is 9.88 Å². The molecule has 3 aromatic rings. The molecule has 1 aromatic carbocycles. The number of nitrogens with one attached hydrogen (secondary N) is 1. The smallest absolute Gasteiger partial charge is 0.276 e. The van der Waals surface area contributed by atoms with Gasteiger partial charge in [0.1, 0.15) is 5.69 Å². The molecule has 6 nitrogen and oxygen atoms in total. The number of halogens is 1. The Hall–Kier alpha value is -2.73. The van der Waals surface area contributed by atoms with Crippen molar-refractivity contribution in [2.45, 2.75) is 6.92 Å². The third-order valence-corrected chi connectivity index (χ3v) is 4.00. The Bertz CT molecular complexity index is 968. The minimum Gasteiger partial charge on any atom is -0.313 e. The number of carbonyl (C=O) groups excluding carboxylic acids is 1. The Morgan fingerprint density at radius 1 is 1.26 bits per heavy atom. The van der Waals surface area contributed by atoms with Crippen LogP contribution in [0, 0.1) is 6.92 Å². The first-order valence-corrected chi connectivity index (χ1v) is 7.23. The number of amides is 1. The van der Waals surface area contributed by atoms with Gasteiger partial charge in [0, 0.05) is 17.8 Å². The lowest BCUT2D eigenvalue weighted by atomic mass is 10.2. The average Bonchev–Trinajstić information content (AvgIpc) is 2.56. The fourth-order valence-corrected chi connectivity index (χ4v) is 2.34. The number of aromatic amines is 1. The van der Waals surface area contributed by atoms with Crippen LogP contribution in [0.2, 0.25) is 5.02 Å². The molecule has 2 aromatic heterocycles. The van der Waals surface area contributed by atoms with Crippen LogP contribution >= 0.6 is 11.6 Å². The normalized spacial score (nSPS) is 10.7. The summed E-state index contributed by atoms with van der Waals surface area (Å²) in [6, 6.07) is 6.79. The molecular weight excluding hydrogens is 316 g/mol. The second-order valence-corrected chi connectivity index (χ2v) is 5.52. The van der Waals surface area contributed by atoms with Gasteiger partial charge in [0.25, 0.3) is 11.5 Å². The number of pyridine rings is 1. The lowest BCUT2D eigenvalue weighted by Crippen LogP contribution is -2.27. The molecule has 7 heteroatoms. The maximum absolute atomic E-state index is 12.6. The summed E-state index contributed by atoms with van der Waals surface area (Å²) in [5.74, 6) is -0.338.